The minimum atomic E-state index is -0.325. The molecule has 0 spiro atoms. The molecule has 9 nitrogen and oxygen atoms in total. The second-order valence-electron chi connectivity index (χ2n) is 9.64. The predicted molar refractivity (Wildman–Crippen MR) is 137 cm³/mol. The number of nitrogens with one attached hydrogen (secondary N) is 2. The number of rotatable bonds is 1. The topological polar surface area (TPSA) is 109 Å². The van der Waals surface area contributed by atoms with E-state index < -0.39 is 0 Å². The van der Waals surface area contributed by atoms with Gasteiger partial charge in [-0.25, -0.2) is 4.98 Å². The van der Waals surface area contributed by atoms with Crippen LogP contribution in [-0.2, 0) is 6.54 Å². The molecule has 0 saturated carbocycles. The quantitative estimate of drug-likeness (QED) is 0.382. The first kappa shape index (κ1) is 21.1. The van der Waals surface area contributed by atoms with E-state index >= 15 is 0 Å². The van der Waals surface area contributed by atoms with Gasteiger partial charge in [0, 0.05) is 43.5 Å². The molecule has 0 amide bonds. The molecular formula is C27H24N6O3. The standard InChI is InChI=1S/C27H24N6O3/c1-15-11-18-14-32(15)9-10-33-27(35)20-4-2-3-19(23(20)31-33)24-26(34)29-21-12-17(16-5-7-28-8-6-16)13-22(36-18)25(21)30-24/h2-8,12-13,15,18,31H,9-11,14H2,1H3,(H,29,34)/t15-,18?/m1/s1. The summed E-state index contributed by atoms with van der Waals surface area (Å²) in [6.45, 7) is 4.18. The number of hydrogen-bond acceptors (Lipinski definition) is 6. The molecule has 1 fully saturated rings. The number of nitrogens with zero attached hydrogens (tertiary/aromatic N) is 4. The highest BCUT2D eigenvalue weighted by atomic mass is 16.5. The molecule has 2 aliphatic rings. The summed E-state index contributed by atoms with van der Waals surface area (Å²) in [5.41, 5.74) is 4.10. The smallest absolute Gasteiger partial charge is 0.275 e. The number of hydrogen-bond donors (Lipinski definition) is 2. The van der Waals surface area contributed by atoms with Crippen molar-refractivity contribution in [3.05, 3.63) is 75.6 Å². The first-order valence-electron chi connectivity index (χ1n) is 12.2. The van der Waals surface area contributed by atoms with Gasteiger partial charge in [-0.2, -0.15) is 0 Å². The summed E-state index contributed by atoms with van der Waals surface area (Å²) < 4.78 is 8.23. The maximum absolute atomic E-state index is 13.3. The maximum Gasteiger partial charge on any atom is 0.275 e. The highest BCUT2D eigenvalue weighted by molar-refractivity contribution is 5.94. The summed E-state index contributed by atoms with van der Waals surface area (Å²) in [6, 6.07) is 13.5. The fourth-order valence-corrected chi connectivity index (χ4v) is 5.53. The van der Waals surface area contributed by atoms with Crippen LogP contribution in [0.25, 0.3) is 44.3 Å². The molecule has 36 heavy (non-hydrogen) atoms. The van der Waals surface area contributed by atoms with E-state index in [1.165, 1.54) is 0 Å². The molecule has 180 valence electrons. The molecule has 2 aliphatic heterocycles. The fraction of sp³-hybridized carbons (Fsp3) is 0.259. The largest absolute Gasteiger partial charge is 0.487 e. The second kappa shape index (κ2) is 7.89. The van der Waals surface area contributed by atoms with Gasteiger partial charge in [0.05, 0.1) is 23.0 Å². The average molecular weight is 481 g/mol. The van der Waals surface area contributed by atoms with Crippen LogP contribution >= 0.6 is 0 Å². The number of ether oxygens (including phenoxy) is 1. The number of para-hydroxylation sites is 1. The minimum Gasteiger partial charge on any atom is -0.487 e. The first-order chi connectivity index (χ1) is 17.5. The van der Waals surface area contributed by atoms with Crippen LogP contribution < -0.4 is 15.9 Å². The zero-order chi connectivity index (χ0) is 24.4. The van der Waals surface area contributed by atoms with Crippen molar-refractivity contribution >= 4 is 21.9 Å². The summed E-state index contributed by atoms with van der Waals surface area (Å²) in [6.07, 6.45) is 4.32. The van der Waals surface area contributed by atoms with Crippen molar-refractivity contribution in [3.63, 3.8) is 0 Å². The number of aromatic amines is 2. The van der Waals surface area contributed by atoms with Crippen molar-refractivity contribution in [1.29, 1.82) is 0 Å². The third-order valence-electron chi connectivity index (χ3n) is 7.39. The molecule has 5 heterocycles. The van der Waals surface area contributed by atoms with E-state index in [4.69, 9.17) is 9.72 Å². The van der Waals surface area contributed by atoms with E-state index in [-0.39, 0.29) is 22.9 Å². The molecule has 9 heteroatoms. The van der Waals surface area contributed by atoms with Crippen LogP contribution in [0.5, 0.6) is 5.75 Å². The minimum absolute atomic E-state index is 0.0325. The van der Waals surface area contributed by atoms with E-state index in [1.54, 1.807) is 29.2 Å². The number of fused-ring (bicyclic) bond motifs is 5. The van der Waals surface area contributed by atoms with Crippen molar-refractivity contribution in [2.75, 3.05) is 13.1 Å². The Balaban J connectivity index is 1.52. The summed E-state index contributed by atoms with van der Waals surface area (Å²) in [5, 5.41) is 3.79. The Kier molecular flexibility index (Phi) is 4.62. The van der Waals surface area contributed by atoms with E-state index in [1.807, 2.05) is 30.3 Å². The van der Waals surface area contributed by atoms with Crippen LogP contribution in [0.15, 0.2) is 64.4 Å². The van der Waals surface area contributed by atoms with E-state index in [0.717, 1.165) is 30.6 Å². The molecule has 0 aliphatic carbocycles. The molecule has 6 bridgehead atoms. The molecular weight excluding hydrogens is 456 g/mol. The molecule has 5 aromatic rings. The van der Waals surface area contributed by atoms with Gasteiger partial charge in [0.25, 0.3) is 11.1 Å². The Bertz CT molecular complexity index is 1750. The predicted octanol–water partition coefficient (Wildman–Crippen LogP) is 3.15. The van der Waals surface area contributed by atoms with Gasteiger partial charge in [-0.05, 0) is 48.4 Å². The van der Waals surface area contributed by atoms with Gasteiger partial charge in [-0.3, -0.25) is 29.3 Å². The summed E-state index contributed by atoms with van der Waals surface area (Å²) in [4.78, 5) is 40.8. The zero-order valence-electron chi connectivity index (χ0n) is 19.7. The molecule has 0 radical (unpaired) electrons. The third-order valence-corrected chi connectivity index (χ3v) is 7.39. The van der Waals surface area contributed by atoms with Gasteiger partial charge < -0.3 is 9.72 Å². The van der Waals surface area contributed by atoms with Crippen molar-refractivity contribution < 1.29 is 4.74 Å². The van der Waals surface area contributed by atoms with Crippen LogP contribution in [0.3, 0.4) is 0 Å². The number of H-pyrrole nitrogens is 2. The Hall–Kier alpha value is -4.24. The van der Waals surface area contributed by atoms with Gasteiger partial charge in [0.1, 0.15) is 23.1 Å². The number of benzene rings is 2. The normalized spacial score (nSPS) is 21.2. The summed E-state index contributed by atoms with van der Waals surface area (Å²) in [7, 11) is 0. The van der Waals surface area contributed by atoms with Crippen LogP contribution in [0.4, 0.5) is 0 Å². The Morgan fingerprint density at radius 2 is 1.92 bits per heavy atom. The van der Waals surface area contributed by atoms with Crippen LogP contribution in [0.2, 0.25) is 0 Å². The summed E-state index contributed by atoms with van der Waals surface area (Å²) in [5.74, 6) is 0.631. The molecule has 7 rings (SSSR count). The lowest BCUT2D eigenvalue weighted by Crippen LogP contribution is -2.33. The fourth-order valence-electron chi connectivity index (χ4n) is 5.53. The van der Waals surface area contributed by atoms with Crippen molar-refractivity contribution in [2.24, 2.45) is 0 Å². The van der Waals surface area contributed by atoms with Gasteiger partial charge in [0.2, 0.25) is 0 Å². The van der Waals surface area contributed by atoms with E-state index in [9.17, 15) is 9.59 Å². The van der Waals surface area contributed by atoms with Crippen molar-refractivity contribution in [3.8, 4) is 28.1 Å². The number of pyridine rings is 1. The van der Waals surface area contributed by atoms with Crippen LogP contribution in [-0.4, -0.2) is 54.9 Å². The molecule has 3 aromatic heterocycles. The molecule has 2 aromatic carbocycles. The molecule has 3 atom stereocenters. The van der Waals surface area contributed by atoms with Crippen LogP contribution in [0, 0.1) is 0 Å². The monoisotopic (exact) mass is 480 g/mol. The lowest BCUT2D eigenvalue weighted by atomic mass is 10.0. The highest BCUT2D eigenvalue weighted by Gasteiger charge is 2.31. The van der Waals surface area contributed by atoms with Gasteiger partial charge in [-0.1, -0.05) is 12.1 Å². The molecule has 1 saturated heterocycles. The summed E-state index contributed by atoms with van der Waals surface area (Å²) >= 11 is 0. The third kappa shape index (κ3) is 3.27. The van der Waals surface area contributed by atoms with E-state index in [2.05, 4.69) is 26.9 Å². The number of aromatic nitrogens is 5. The molecule has 2 unspecified atom stereocenters. The van der Waals surface area contributed by atoms with Crippen molar-refractivity contribution in [2.45, 2.75) is 32.0 Å². The lowest BCUT2D eigenvalue weighted by Gasteiger charge is -2.21. The van der Waals surface area contributed by atoms with Crippen LogP contribution in [0.1, 0.15) is 13.3 Å². The Morgan fingerprint density at radius 3 is 2.78 bits per heavy atom. The second-order valence-corrected chi connectivity index (χ2v) is 9.64. The average Bonchev–Trinajstić information content (AvgIpc) is 3.40. The molecule has 2 N–H and O–H groups in total. The SMILES string of the molecule is C[C@@H]1CC2CN1CCn1[nH]c3c(cccc3c1=O)-c1nc3c(cc(-c4ccncc4)cc3[nH]c1=O)O2. The maximum atomic E-state index is 13.3. The van der Waals surface area contributed by atoms with Gasteiger partial charge in [0.15, 0.2) is 0 Å². The Labute approximate surface area is 205 Å². The highest BCUT2D eigenvalue weighted by Crippen LogP contribution is 2.34. The van der Waals surface area contributed by atoms with Gasteiger partial charge >= 0.3 is 0 Å². The van der Waals surface area contributed by atoms with Crippen molar-refractivity contribution in [1.82, 2.24) is 29.6 Å². The van der Waals surface area contributed by atoms with E-state index in [0.29, 0.717) is 45.8 Å². The lowest BCUT2D eigenvalue weighted by molar-refractivity contribution is 0.195. The zero-order valence-corrected chi connectivity index (χ0v) is 19.7. The first-order valence-corrected chi connectivity index (χ1v) is 12.2. The Morgan fingerprint density at radius 1 is 1.06 bits per heavy atom. The van der Waals surface area contributed by atoms with Gasteiger partial charge in [-0.15, -0.1) is 0 Å².